The van der Waals surface area contributed by atoms with Crippen LogP contribution in [-0.2, 0) is 19.4 Å². The van der Waals surface area contributed by atoms with Gasteiger partial charge in [0.15, 0.2) is 5.96 Å². The summed E-state index contributed by atoms with van der Waals surface area (Å²) >= 11 is 0. The van der Waals surface area contributed by atoms with Crippen LogP contribution >= 0.6 is 0 Å². The van der Waals surface area contributed by atoms with E-state index < -0.39 is 0 Å². The molecule has 0 fully saturated rings. The largest absolute Gasteiger partial charge is 0.493 e. The van der Waals surface area contributed by atoms with Gasteiger partial charge in [0.1, 0.15) is 5.75 Å². The molecule has 2 aromatic rings. The molecule has 6 nitrogen and oxygen atoms in total. The molecule has 0 saturated heterocycles. The van der Waals surface area contributed by atoms with Crippen molar-refractivity contribution in [3.8, 4) is 5.75 Å². The molecule has 1 aliphatic heterocycles. The molecule has 26 heavy (non-hydrogen) atoms. The van der Waals surface area contributed by atoms with Gasteiger partial charge < -0.3 is 15.4 Å². The summed E-state index contributed by atoms with van der Waals surface area (Å²) in [5.74, 6) is 1.89. The van der Waals surface area contributed by atoms with E-state index in [1.165, 1.54) is 16.8 Å². The number of aliphatic imine (C=N–C) groups is 1. The lowest BCUT2D eigenvalue weighted by Gasteiger charge is -2.12. The highest BCUT2D eigenvalue weighted by Gasteiger charge is 2.11. The molecule has 0 unspecified atom stereocenters. The number of fused-ring (bicyclic) bond motifs is 1. The fourth-order valence-corrected chi connectivity index (χ4v) is 3.28. The van der Waals surface area contributed by atoms with Gasteiger partial charge in [-0.1, -0.05) is 12.1 Å². The predicted molar refractivity (Wildman–Crippen MR) is 105 cm³/mol. The minimum absolute atomic E-state index is 0.811. The predicted octanol–water partition coefficient (Wildman–Crippen LogP) is 2.23. The van der Waals surface area contributed by atoms with Crippen molar-refractivity contribution in [3.05, 3.63) is 46.8 Å². The molecule has 1 aromatic carbocycles. The maximum Gasteiger partial charge on any atom is 0.190 e. The van der Waals surface area contributed by atoms with Crippen molar-refractivity contribution in [1.82, 2.24) is 20.4 Å². The zero-order chi connectivity index (χ0) is 18.4. The van der Waals surface area contributed by atoms with E-state index in [0.717, 1.165) is 62.9 Å². The Labute approximate surface area is 155 Å². The first-order chi connectivity index (χ1) is 12.7. The van der Waals surface area contributed by atoms with Crippen LogP contribution in [-0.4, -0.2) is 42.5 Å². The molecule has 6 heteroatoms. The van der Waals surface area contributed by atoms with Crippen molar-refractivity contribution in [2.45, 2.75) is 39.7 Å². The molecule has 0 atom stereocenters. The molecule has 140 valence electrons. The van der Waals surface area contributed by atoms with Gasteiger partial charge in [-0.2, -0.15) is 5.10 Å². The molecule has 0 amide bonds. The lowest BCUT2D eigenvalue weighted by molar-refractivity contribution is 0.357. The number of benzene rings is 1. The third-order valence-corrected chi connectivity index (χ3v) is 4.63. The Balaban J connectivity index is 1.36. The first-order valence-electron chi connectivity index (χ1n) is 9.36. The number of hydrogen-bond donors (Lipinski definition) is 2. The van der Waals surface area contributed by atoms with Crippen molar-refractivity contribution < 1.29 is 4.74 Å². The number of aryl methyl sites for hydroxylation is 3. The molecule has 0 saturated carbocycles. The Morgan fingerprint density at radius 3 is 2.85 bits per heavy atom. The van der Waals surface area contributed by atoms with E-state index in [1.54, 1.807) is 0 Å². The number of ether oxygens (including phenoxy) is 1. The van der Waals surface area contributed by atoms with Gasteiger partial charge in [0.25, 0.3) is 0 Å². The molecule has 0 spiro atoms. The second-order valence-corrected chi connectivity index (χ2v) is 6.72. The summed E-state index contributed by atoms with van der Waals surface area (Å²) in [6.07, 6.45) is 3.00. The van der Waals surface area contributed by atoms with Crippen molar-refractivity contribution in [2.24, 2.45) is 4.99 Å². The summed E-state index contributed by atoms with van der Waals surface area (Å²) in [5, 5.41) is 11.2. The monoisotopic (exact) mass is 355 g/mol. The summed E-state index contributed by atoms with van der Waals surface area (Å²) < 4.78 is 7.62. The molecule has 2 N–H and O–H groups in total. The number of hydrogen-bond acceptors (Lipinski definition) is 3. The van der Waals surface area contributed by atoms with Crippen LogP contribution in [0.3, 0.4) is 0 Å². The van der Waals surface area contributed by atoms with Gasteiger partial charge >= 0.3 is 0 Å². The van der Waals surface area contributed by atoms with E-state index >= 15 is 0 Å². The third-order valence-electron chi connectivity index (χ3n) is 4.63. The number of nitrogens with zero attached hydrogens (tertiary/aromatic N) is 3. The molecule has 0 bridgehead atoms. The molecule has 1 aromatic heterocycles. The average Bonchev–Trinajstić information content (AvgIpc) is 3.22. The van der Waals surface area contributed by atoms with Crippen molar-refractivity contribution in [3.63, 3.8) is 0 Å². The van der Waals surface area contributed by atoms with Crippen LogP contribution in [0.25, 0.3) is 0 Å². The minimum Gasteiger partial charge on any atom is -0.493 e. The Morgan fingerprint density at radius 1 is 1.23 bits per heavy atom. The summed E-state index contributed by atoms with van der Waals surface area (Å²) in [5.41, 5.74) is 4.95. The highest BCUT2D eigenvalue weighted by Crippen LogP contribution is 2.25. The van der Waals surface area contributed by atoms with Crippen molar-refractivity contribution in [1.29, 1.82) is 0 Å². The lowest BCUT2D eigenvalue weighted by atomic mass is 10.1. The van der Waals surface area contributed by atoms with E-state index in [2.05, 4.69) is 56.6 Å². The van der Waals surface area contributed by atoms with E-state index in [9.17, 15) is 0 Å². The van der Waals surface area contributed by atoms with Gasteiger partial charge in [0.2, 0.25) is 0 Å². The van der Waals surface area contributed by atoms with Crippen molar-refractivity contribution in [2.75, 3.05) is 26.7 Å². The van der Waals surface area contributed by atoms with E-state index in [-0.39, 0.29) is 0 Å². The average molecular weight is 355 g/mol. The number of rotatable bonds is 7. The number of guanidine groups is 1. The highest BCUT2D eigenvalue weighted by atomic mass is 16.5. The Hall–Kier alpha value is -2.50. The first-order valence-corrected chi connectivity index (χ1v) is 9.36. The summed E-state index contributed by atoms with van der Waals surface area (Å²) in [7, 11) is 1.81. The smallest absolute Gasteiger partial charge is 0.190 e. The normalized spacial score (nSPS) is 13.4. The maximum atomic E-state index is 5.56. The van der Waals surface area contributed by atoms with Crippen LogP contribution in [0.5, 0.6) is 5.75 Å². The molecule has 0 aliphatic carbocycles. The molecule has 2 heterocycles. The summed E-state index contributed by atoms with van der Waals surface area (Å²) in [6.45, 7) is 7.58. The second-order valence-electron chi connectivity index (χ2n) is 6.72. The van der Waals surface area contributed by atoms with E-state index in [1.807, 2.05) is 14.0 Å². The fourth-order valence-electron chi connectivity index (χ4n) is 3.28. The van der Waals surface area contributed by atoms with Crippen LogP contribution in [0, 0.1) is 13.8 Å². The second kappa shape index (κ2) is 8.74. The number of aromatic nitrogens is 2. The highest BCUT2D eigenvalue weighted by molar-refractivity contribution is 5.79. The Bertz CT molecular complexity index is 766. The van der Waals surface area contributed by atoms with E-state index in [4.69, 9.17) is 4.74 Å². The van der Waals surface area contributed by atoms with Gasteiger partial charge in [-0.05, 0) is 49.9 Å². The third kappa shape index (κ3) is 4.77. The molecule has 1 aliphatic rings. The number of nitrogens with one attached hydrogen (secondary N) is 2. The minimum atomic E-state index is 0.811. The standard InChI is InChI=1S/C20H29N5O/c1-15-13-16(2)25(24-15)11-4-9-22-20(21-3)23-10-7-17-5-6-19-18(14-17)8-12-26-19/h5-6,13-14H,4,7-12H2,1-3H3,(H2,21,22,23). The van der Waals surface area contributed by atoms with Gasteiger partial charge in [0.05, 0.1) is 12.3 Å². The maximum absolute atomic E-state index is 5.56. The van der Waals surface area contributed by atoms with Gasteiger partial charge in [-0.15, -0.1) is 0 Å². The van der Waals surface area contributed by atoms with E-state index in [0.29, 0.717) is 0 Å². The SMILES string of the molecule is CN=C(NCCCn1nc(C)cc1C)NCCc1ccc2c(c1)CCO2. The van der Waals surface area contributed by atoms with Gasteiger partial charge in [0, 0.05) is 38.8 Å². The molecular formula is C20H29N5O. The zero-order valence-corrected chi connectivity index (χ0v) is 16.0. The molecule has 0 radical (unpaired) electrons. The molecular weight excluding hydrogens is 326 g/mol. The lowest BCUT2D eigenvalue weighted by Crippen LogP contribution is -2.39. The van der Waals surface area contributed by atoms with Gasteiger partial charge in [-0.3, -0.25) is 9.67 Å². The van der Waals surface area contributed by atoms with Gasteiger partial charge in [-0.25, -0.2) is 0 Å². The van der Waals surface area contributed by atoms with Crippen LogP contribution < -0.4 is 15.4 Å². The fraction of sp³-hybridized carbons (Fsp3) is 0.500. The van der Waals surface area contributed by atoms with Crippen LogP contribution in [0.1, 0.15) is 28.9 Å². The van der Waals surface area contributed by atoms with Crippen LogP contribution in [0.4, 0.5) is 0 Å². The topological polar surface area (TPSA) is 63.5 Å². The Kier molecular flexibility index (Phi) is 6.15. The van der Waals surface area contributed by atoms with Crippen LogP contribution in [0.15, 0.2) is 29.3 Å². The van der Waals surface area contributed by atoms with Crippen LogP contribution in [0.2, 0.25) is 0 Å². The first kappa shape index (κ1) is 18.3. The zero-order valence-electron chi connectivity index (χ0n) is 16.0. The quantitative estimate of drug-likeness (QED) is 0.454. The molecule has 3 rings (SSSR count). The van der Waals surface area contributed by atoms with Crippen molar-refractivity contribution >= 4 is 5.96 Å². The summed E-state index contributed by atoms with van der Waals surface area (Å²) in [4.78, 5) is 4.30. The Morgan fingerprint density at radius 2 is 2.08 bits per heavy atom. The summed E-state index contributed by atoms with van der Waals surface area (Å²) in [6, 6.07) is 8.60.